The van der Waals surface area contributed by atoms with Crippen LogP contribution in [0.2, 0.25) is 10.3 Å². The lowest BCUT2D eigenvalue weighted by Gasteiger charge is -2.02. The highest BCUT2D eigenvalue weighted by atomic mass is 35.5. The fraction of sp³-hybridized carbons (Fsp3) is 0.154. The van der Waals surface area contributed by atoms with Crippen LogP contribution in [0.25, 0.3) is 11.0 Å². The minimum atomic E-state index is 0. The molecule has 21 heavy (non-hydrogen) atoms. The molecule has 0 saturated carbocycles. The fourth-order valence-electron chi connectivity index (χ4n) is 2.07. The Bertz CT molecular complexity index is 772. The van der Waals surface area contributed by atoms with Crippen molar-refractivity contribution in [2.75, 3.05) is 12.4 Å². The topological polar surface area (TPSA) is 66.5 Å². The van der Waals surface area contributed by atoms with Gasteiger partial charge in [-0.2, -0.15) is 10.1 Å². The van der Waals surface area contributed by atoms with Crippen molar-refractivity contribution in [1.82, 2.24) is 20.2 Å². The predicted octanol–water partition coefficient (Wildman–Crippen LogP) is 3.71. The number of rotatable bonds is 3. The molecule has 0 bridgehead atoms. The Labute approximate surface area is 137 Å². The van der Waals surface area contributed by atoms with Crippen molar-refractivity contribution >= 4 is 52.5 Å². The van der Waals surface area contributed by atoms with Crippen LogP contribution in [0.4, 0.5) is 5.82 Å². The van der Waals surface area contributed by atoms with Crippen LogP contribution in [0.5, 0.6) is 0 Å². The maximum absolute atomic E-state index is 5.99. The molecule has 0 amide bonds. The number of hydrogen-bond acceptors (Lipinski definition) is 4. The van der Waals surface area contributed by atoms with Crippen molar-refractivity contribution in [2.24, 2.45) is 0 Å². The van der Waals surface area contributed by atoms with E-state index in [1.807, 2.05) is 24.3 Å². The molecular weight excluding hydrogens is 333 g/mol. The number of anilines is 1. The average Bonchev–Trinajstić information content (AvgIpc) is 2.81. The highest BCUT2D eigenvalue weighted by Crippen LogP contribution is 2.24. The van der Waals surface area contributed by atoms with E-state index in [0.29, 0.717) is 28.3 Å². The number of fused-ring (bicyclic) bond motifs is 1. The van der Waals surface area contributed by atoms with Gasteiger partial charge in [-0.25, -0.2) is 4.98 Å². The molecule has 0 fully saturated rings. The van der Waals surface area contributed by atoms with Crippen LogP contribution in [0, 0.1) is 0 Å². The summed E-state index contributed by atoms with van der Waals surface area (Å²) in [7, 11) is 1.77. The van der Waals surface area contributed by atoms with Gasteiger partial charge in [0.05, 0.1) is 5.69 Å². The molecule has 1 aromatic carbocycles. The molecule has 0 radical (unpaired) electrons. The Balaban J connectivity index is 0.00000161. The average molecular weight is 345 g/mol. The maximum Gasteiger partial charge on any atom is 0.225 e. The van der Waals surface area contributed by atoms with Crippen LogP contribution in [-0.2, 0) is 6.42 Å². The molecule has 8 heteroatoms. The normalized spacial score (nSPS) is 10.4. The summed E-state index contributed by atoms with van der Waals surface area (Å²) in [4.78, 5) is 8.34. The third kappa shape index (κ3) is 3.20. The Morgan fingerprint density at radius 1 is 1.19 bits per heavy atom. The minimum absolute atomic E-state index is 0. The molecule has 2 aromatic heterocycles. The molecule has 0 aliphatic heterocycles. The third-order valence-corrected chi connectivity index (χ3v) is 3.36. The van der Waals surface area contributed by atoms with Gasteiger partial charge in [-0.05, 0) is 29.3 Å². The van der Waals surface area contributed by atoms with Gasteiger partial charge in [0, 0.05) is 18.5 Å². The summed E-state index contributed by atoms with van der Waals surface area (Å²) < 4.78 is 0. The highest BCUT2D eigenvalue weighted by Gasteiger charge is 2.13. The number of benzene rings is 1. The molecule has 0 spiro atoms. The van der Waals surface area contributed by atoms with Gasteiger partial charge < -0.3 is 5.32 Å². The van der Waals surface area contributed by atoms with Gasteiger partial charge in [0.15, 0.2) is 11.3 Å². The molecule has 110 valence electrons. The molecule has 0 aliphatic rings. The summed E-state index contributed by atoms with van der Waals surface area (Å²) in [5.41, 5.74) is 3.34. The van der Waals surface area contributed by atoms with Crippen LogP contribution in [0.15, 0.2) is 24.3 Å². The van der Waals surface area contributed by atoms with Gasteiger partial charge in [-0.3, -0.25) is 5.10 Å². The van der Waals surface area contributed by atoms with E-state index in [-0.39, 0.29) is 17.7 Å². The molecule has 2 N–H and O–H groups in total. The van der Waals surface area contributed by atoms with Gasteiger partial charge in [-0.15, -0.1) is 12.4 Å². The molecular formula is C13H12Cl3N5. The first-order valence-electron chi connectivity index (χ1n) is 6.00. The number of halogens is 3. The van der Waals surface area contributed by atoms with E-state index in [1.54, 1.807) is 7.05 Å². The molecule has 0 aliphatic carbocycles. The SMILES string of the molecule is CNc1nc(Cl)nc2c(Cc3cccc(Cl)c3)[nH]nc12.Cl. The monoisotopic (exact) mass is 343 g/mol. The maximum atomic E-state index is 5.99. The van der Waals surface area contributed by atoms with Crippen LogP contribution < -0.4 is 5.32 Å². The Morgan fingerprint density at radius 3 is 2.71 bits per heavy atom. The number of nitrogens with one attached hydrogen (secondary N) is 2. The zero-order valence-electron chi connectivity index (χ0n) is 11.0. The van der Waals surface area contributed by atoms with Gasteiger partial charge in [0.25, 0.3) is 0 Å². The van der Waals surface area contributed by atoms with Gasteiger partial charge in [-0.1, -0.05) is 23.7 Å². The largest absolute Gasteiger partial charge is 0.371 e. The molecule has 5 nitrogen and oxygen atoms in total. The third-order valence-electron chi connectivity index (χ3n) is 2.95. The summed E-state index contributed by atoms with van der Waals surface area (Å²) >= 11 is 11.9. The van der Waals surface area contributed by atoms with Gasteiger partial charge in [0.1, 0.15) is 5.52 Å². The molecule has 2 heterocycles. The van der Waals surface area contributed by atoms with Crippen LogP contribution in [0.1, 0.15) is 11.3 Å². The van der Waals surface area contributed by atoms with Crippen molar-refractivity contribution in [3.05, 3.63) is 45.8 Å². The van der Waals surface area contributed by atoms with E-state index in [4.69, 9.17) is 23.2 Å². The summed E-state index contributed by atoms with van der Waals surface area (Å²) in [5, 5.41) is 11.1. The molecule has 0 saturated heterocycles. The Hall–Kier alpha value is -1.56. The lowest BCUT2D eigenvalue weighted by Crippen LogP contribution is -1.96. The molecule has 0 unspecified atom stereocenters. The van der Waals surface area contributed by atoms with E-state index in [1.165, 1.54) is 0 Å². The number of aromatic amines is 1. The standard InChI is InChI=1S/C13H11Cl2N5.ClH/c1-16-12-11-10(17-13(15)18-12)9(19-20-11)6-7-3-2-4-8(14)5-7;/h2-5H,6H2,1H3,(H,19,20)(H,16,17,18);1H. The first-order chi connectivity index (χ1) is 9.67. The van der Waals surface area contributed by atoms with E-state index < -0.39 is 0 Å². The van der Waals surface area contributed by atoms with E-state index >= 15 is 0 Å². The van der Waals surface area contributed by atoms with Gasteiger partial charge in [0.2, 0.25) is 5.28 Å². The smallest absolute Gasteiger partial charge is 0.225 e. The number of nitrogens with zero attached hydrogens (tertiary/aromatic N) is 3. The summed E-state index contributed by atoms with van der Waals surface area (Å²) in [6.07, 6.45) is 0.646. The minimum Gasteiger partial charge on any atom is -0.371 e. The van der Waals surface area contributed by atoms with E-state index in [9.17, 15) is 0 Å². The quantitative estimate of drug-likeness (QED) is 0.711. The van der Waals surface area contributed by atoms with Crippen molar-refractivity contribution in [1.29, 1.82) is 0 Å². The summed E-state index contributed by atoms with van der Waals surface area (Å²) in [6.45, 7) is 0. The van der Waals surface area contributed by atoms with E-state index in [2.05, 4.69) is 25.5 Å². The van der Waals surface area contributed by atoms with Crippen molar-refractivity contribution in [3.8, 4) is 0 Å². The lowest BCUT2D eigenvalue weighted by molar-refractivity contribution is 1.01. The van der Waals surface area contributed by atoms with Crippen LogP contribution >= 0.6 is 35.6 Å². The second-order valence-corrected chi connectivity index (χ2v) is 5.07. The zero-order chi connectivity index (χ0) is 14.1. The Kier molecular flexibility index (Phi) is 4.88. The Morgan fingerprint density at radius 2 is 2.00 bits per heavy atom. The molecule has 3 aromatic rings. The number of aromatic nitrogens is 4. The van der Waals surface area contributed by atoms with Crippen molar-refractivity contribution in [3.63, 3.8) is 0 Å². The van der Waals surface area contributed by atoms with Gasteiger partial charge >= 0.3 is 0 Å². The second-order valence-electron chi connectivity index (χ2n) is 4.30. The van der Waals surface area contributed by atoms with E-state index in [0.717, 1.165) is 11.3 Å². The first kappa shape index (κ1) is 15.8. The van der Waals surface area contributed by atoms with Crippen LogP contribution in [-0.4, -0.2) is 27.2 Å². The molecule has 3 rings (SSSR count). The lowest BCUT2D eigenvalue weighted by atomic mass is 10.1. The van der Waals surface area contributed by atoms with Crippen molar-refractivity contribution in [2.45, 2.75) is 6.42 Å². The zero-order valence-corrected chi connectivity index (χ0v) is 13.4. The summed E-state index contributed by atoms with van der Waals surface area (Å²) in [5.74, 6) is 0.605. The number of hydrogen-bond donors (Lipinski definition) is 2. The highest BCUT2D eigenvalue weighted by molar-refractivity contribution is 6.30. The predicted molar refractivity (Wildman–Crippen MR) is 87.7 cm³/mol. The van der Waals surface area contributed by atoms with Crippen LogP contribution in [0.3, 0.4) is 0 Å². The fourth-order valence-corrected chi connectivity index (χ4v) is 2.45. The van der Waals surface area contributed by atoms with Crippen molar-refractivity contribution < 1.29 is 0 Å². The number of H-pyrrole nitrogens is 1. The molecule has 0 atom stereocenters. The summed E-state index contributed by atoms with van der Waals surface area (Å²) in [6, 6.07) is 7.67. The first-order valence-corrected chi connectivity index (χ1v) is 6.75. The second kappa shape index (κ2) is 6.47.